The van der Waals surface area contributed by atoms with E-state index in [1.54, 1.807) is 18.2 Å². The molecule has 6 nitrogen and oxygen atoms in total. The van der Waals surface area contributed by atoms with Gasteiger partial charge in [-0.25, -0.2) is 8.42 Å². The van der Waals surface area contributed by atoms with E-state index in [0.717, 1.165) is 0 Å². The number of hydrogen-bond donors (Lipinski definition) is 1. The molecule has 0 spiro atoms. The Kier molecular flexibility index (Phi) is 4.72. The summed E-state index contributed by atoms with van der Waals surface area (Å²) in [4.78, 5) is 12.0. The van der Waals surface area contributed by atoms with Crippen LogP contribution in [0.15, 0.2) is 18.2 Å². The van der Waals surface area contributed by atoms with E-state index in [9.17, 15) is 13.2 Å². The summed E-state index contributed by atoms with van der Waals surface area (Å²) in [5, 5.41) is 2.75. The maximum absolute atomic E-state index is 12.0. The highest BCUT2D eigenvalue weighted by atomic mass is 32.2. The van der Waals surface area contributed by atoms with E-state index in [1.807, 2.05) is 0 Å². The maximum atomic E-state index is 12.0. The van der Waals surface area contributed by atoms with Gasteiger partial charge in [-0.3, -0.25) is 4.79 Å². The Bertz CT molecular complexity index is 604. The smallest absolute Gasteiger partial charge is 0.224 e. The molecule has 2 rings (SSSR count). The SMILES string of the molecule is COc1cc(NC(=O)C[C@H]2CCS(=O)(=O)C2)cc(OC)c1. The molecule has 0 aliphatic carbocycles. The first-order valence-corrected chi connectivity index (χ1v) is 8.47. The van der Waals surface area contributed by atoms with Gasteiger partial charge in [0.25, 0.3) is 0 Å². The van der Waals surface area contributed by atoms with Crippen molar-refractivity contribution in [2.75, 3.05) is 31.0 Å². The van der Waals surface area contributed by atoms with Gasteiger partial charge in [-0.2, -0.15) is 0 Å². The van der Waals surface area contributed by atoms with Crippen molar-refractivity contribution in [3.8, 4) is 11.5 Å². The maximum Gasteiger partial charge on any atom is 0.224 e. The van der Waals surface area contributed by atoms with Gasteiger partial charge in [0.2, 0.25) is 5.91 Å². The van der Waals surface area contributed by atoms with Gasteiger partial charge in [0.1, 0.15) is 11.5 Å². The Morgan fingerprint density at radius 3 is 2.33 bits per heavy atom. The number of ether oxygens (including phenoxy) is 2. The topological polar surface area (TPSA) is 81.7 Å². The van der Waals surface area contributed by atoms with Crippen molar-refractivity contribution >= 4 is 21.4 Å². The zero-order valence-electron chi connectivity index (χ0n) is 12.1. The molecular weight excluding hydrogens is 294 g/mol. The van der Waals surface area contributed by atoms with Gasteiger partial charge in [-0.05, 0) is 12.3 Å². The van der Waals surface area contributed by atoms with Crippen LogP contribution in [-0.4, -0.2) is 40.1 Å². The fourth-order valence-corrected chi connectivity index (χ4v) is 4.25. The number of rotatable bonds is 5. The molecule has 1 N–H and O–H groups in total. The zero-order valence-corrected chi connectivity index (χ0v) is 12.9. The molecule has 21 heavy (non-hydrogen) atoms. The monoisotopic (exact) mass is 313 g/mol. The first kappa shape index (κ1) is 15.6. The predicted molar refractivity (Wildman–Crippen MR) is 79.6 cm³/mol. The molecule has 116 valence electrons. The number of methoxy groups -OCH3 is 2. The minimum Gasteiger partial charge on any atom is -0.497 e. The van der Waals surface area contributed by atoms with Crippen LogP contribution in [0.25, 0.3) is 0 Å². The highest BCUT2D eigenvalue weighted by Crippen LogP contribution is 2.27. The summed E-state index contributed by atoms with van der Waals surface area (Å²) in [6.45, 7) is 0. The standard InChI is InChI=1S/C14H19NO5S/c1-19-12-6-11(7-13(8-12)20-2)15-14(16)5-10-3-4-21(17,18)9-10/h6-8,10H,3-5,9H2,1-2H3,(H,15,16)/t10-/m1/s1. The van der Waals surface area contributed by atoms with Crippen LogP contribution in [0.2, 0.25) is 0 Å². The third-order valence-corrected chi connectivity index (χ3v) is 5.27. The minimum absolute atomic E-state index is 0.0949. The number of carbonyl (C=O) groups is 1. The van der Waals surface area contributed by atoms with Gasteiger partial charge in [0, 0.05) is 30.3 Å². The summed E-state index contributed by atoms with van der Waals surface area (Å²) < 4.78 is 33.0. The van der Waals surface area contributed by atoms with Crippen LogP contribution >= 0.6 is 0 Å². The third-order valence-electron chi connectivity index (χ3n) is 3.44. The molecule has 0 bridgehead atoms. The first-order chi connectivity index (χ1) is 9.91. The molecule has 1 heterocycles. The number of amides is 1. The molecule has 1 atom stereocenters. The molecule has 7 heteroatoms. The second-order valence-corrected chi connectivity index (χ2v) is 7.35. The fraction of sp³-hybridized carbons (Fsp3) is 0.500. The summed E-state index contributed by atoms with van der Waals surface area (Å²) in [6.07, 6.45) is 0.760. The molecule has 0 radical (unpaired) electrons. The summed E-state index contributed by atoms with van der Waals surface area (Å²) in [5.41, 5.74) is 0.567. The molecular formula is C14H19NO5S. The first-order valence-electron chi connectivity index (χ1n) is 6.65. The Hall–Kier alpha value is -1.76. The Labute approximate surface area is 124 Å². The number of anilines is 1. The van der Waals surface area contributed by atoms with Crippen LogP contribution in [0.3, 0.4) is 0 Å². The Balaban J connectivity index is 1.99. The van der Waals surface area contributed by atoms with E-state index in [1.165, 1.54) is 14.2 Å². The Morgan fingerprint density at radius 1 is 1.24 bits per heavy atom. The van der Waals surface area contributed by atoms with E-state index in [2.05, 4.69) is 5.32 Å². The number of sulfone groups is 1. The van der Waals surface area contributed by atoms with E-state index >= 15 is 0 Å². The molecule has 1 fully saturated rings. The quantitative estimate of drug-likeness (QED) is 0.890. The Morgan fingerprint density at radius 2 is 1.86 bits per heavy atom. The van der Waals surface area contributed by atoms with Crippen molar-refractivity contribution in [2.24, 2.45) is 5.92 Å². The van der Waals surface area contributed by atoms with Gasteiger partial charge in [0.15, 0.2) is 9.84 Å². The van der Waals surface area contributed by atoms with Gasteiger partial charge in [-0.1, -0.05) is 0 Å². The zero-order chi connectivity index (χ0) is 15.5. The van der Waals surface area contributed by atoms with Crippen molar-refractivity contribution < 1.29 is 22.7 Å². The van der Waals surface area contributed by atoms with Crippen molar-refractivity contribution in [3.63, 3.8) is 0 Å². The number of hydrogen-bond acceptors (Lipinski definition) is 5. The average molecular weight is 313 g/mol. The van der Waals surface area contributed by atoms with Gasteiger partial charge < -0.3 is 14.8 Å². The predicted octanol–water partition coefficient (Wildman–Crippen LogP) is 1.47. The highest BCUT2D eigenvalue weighted by molar-refractivity contribution is 7.91. The van der Waals surface area contributed by atoms with E-state index in [-0.39, 0.29) is 29.8 Å². The van der Waals surface area contributed by atoms with Crippen LogP contribution < -0.4 is 14.8 Å². The summed E-state index contributed by atoms with van der Waals surface area (Å²) in [7, 11) is 0.108. The second-order valence-electron chi connectivity index (χ2n) is 5.12. The second kappa shape index (κ2) is 6.34. The van der Waals surface area contributed by atoms with Gasteiger partial charge in [-0.15, -0.1) is 0 Å². The van der Waals surface area contributed by atoms with Crippen molar-refractivity contribution in [3.05, 3.63) is 18.2 Å². The molecule has 1 aliphatic heterocycles. The molecule has 1 saturated heterocycles. The van der Waals surface area contributed by atoms with E-state index in [0.29, 0.717) is 23.6 Å². The van der Waals surface area contributed by atoms with Crippen LogP contribution in [0.1, 0.15) is 12.8 Å². The van der Waals surface area contributed by atoms with Crippen molar-refractivity contribution in [1.82, 2.24) is 0 Å². The molecule has 1 aromatic rings. The molecule has 0 unspecified atom stereocenters. The lowest BCUT2D eigenvalue weighted by Gasteiger charge is -2.11. The molecule has 0 aromatic heterocycles. The van der Waals surface area contributed by atoms with Gasteiger partial charge >= 0.3 is 0 Å². The summed E-state index contributed by atoms with van der Waals surface area (Å²) in [5.74, 6) is 1.14. The number of benzene rings is 1. The van der Waals surface area contributed by atoms with Crippen LogP contribution in [0.5, 0.6) is 11.5 Å². The fourth-order valence-electron chi connectivity index (χ4n) is 2.39. The van der Waals surface area contributed by atoms with E-state index < -0.39 is 9.84 Å². The highest BCUT2D eigenvalue weighted by Gasteiger charge is 2.29. The van der Waals surface area contributed by atoms with Crippen LogP contribution in [-0.2, 0) is 14.6 Å². The molecule has 1 aliphatic rings. The molecule has 1 aromatic carbocycles. The van der Waals surface area contributed by atoms with Crippen LogP contribution in [0.4, 0.5) is 5.69 Å². The van der Waals surface area contributed by atoms with Gasteiger partial charge in [0.05, 0.1) is 25.7 Å². The number of carbonyl (C=O) groups excluding carboxylic acids is 1. The molecule has 0 saturated carbocycles. The van der Waals surface area contributed by atoms with Crippen molar-refractivity contribution in [2.45, 2.75) is 12.8 Å². The lowest BCUT2D eigenvalue weighted by molar-refractivity contribution is -0.116. The largest absolute Gasteiger partial charge is 0.497 e. The minimum atomic E-state index is -2.96. The lowest BCUT2D eigenvalue weighted by Crippen LogP contribution is -2.17. The third kappa shape index (κ3) is 4.35. The average Bonchev–Trinajstić information content (AvgIpc) is 2.77. The summed E-state index contributed by atoms with van der Waals surface area (Å²) in [6, 6.07) is 5.08. The summed E-state index contributed by atoms with van der Waals surface area (Å²) >= 11 is 0. The lowest BCUT2D eigenvalue weighted by atomic mass is 10.1. The van der Waals surface area contributed by atoms with Crippen molar-refractivity contribution in [1.29, 1.82) is 0 Å². The normalized spacial score (nSPS) is 20.0. The number of nitrogens with one attached hydrogen (secondary N) is 1. The van der Waals surface area contributed by atoms with E-state index in [4.69, 9.17) is 9.47 Å². The molecule has 1 amide bonds. The van der Waals surface area contributed by atoms with Crippen LogP contribution in [0, 0.1) is 5.92 Å².